The van der Waals surface area contributed by atoms with Crippen LogP contribution in [0.3, 0.4) is 0 Å². The Morgan fingerprint density at radius 2 is 1.76 bits per heavy atom. The molecule has 3 heteroatoms. The standard InChI is InChI=1S/C18H17FN2/c1-20-18(12-14-7-2-4-8-15(14)19)17-11-10-13-6-3-5-9-16(13)21-17/h2-11,18,20H,12H2,1H3. The number of nitrogens with one attached hydrogen (secondary N) is 1. The van der Waals surface area contributed by atoms with Crippen molar-refractivity contribution in [3.8, 4) is 0 Å². The van der Waals surface area contributed by atoms with Gasteiger partial charge in [0.1, 0.15) is 5.82 Å². The van der Waals surface area contributed by atoms with Crippen LogP contribution in [0.4, 0.5) is 4.39 Å². The summed E-state index contributed by atoms with van der Waals surface area (Å²) in [6.07, 6.45) is 0.578. The Bertz CT molecular complexity index is 755. The van der Waals surface area contributed by atoms with Gasteiger partial charge in [0.25, 0.3) is 0 Å². The van der Waals surface area contributed by atoms with E-state index in [4.69, 9.17) is 0 Å². The summed E-state index contributed by atoms with van der Waals surface area (Å²) < 4.78 is 13.8. The lowest BCUT2D eigenvalue weighted by Crippen LogP contribution is -2.20. The van der Waals surface area contributed by atoms with Crippen molar-refractivity contribution in [1.82, 2.24) is 10.3 Å². The van der Waals surface area contributed by atoms with Gasteiger partial charge in [-0.3, -0.25) is 4.98 Å². The molecule has 1 aromatic heterocycles. The zero-order valence-corrected chi connectivity index (χ0v) is 11.9. The quantitative estimate of drug-likeness (QED) is 0.784. The third-order valence-electron chi connectivity index (χ3n) is 3.71. The normalized spacial score (nSPS) is 12.5. The Morgan fingerprint density at radius 1 is 1.00 bits per heavy atom. The number of benzene rings is 2. The highest BCUT2D eigenvalue weighted by molar-refractivity contribution is 5.78. The maximum absolute atomic E-state index is 13.8. The maximum Gasteiger partial charge on any atom is 0.126 e. The van der Waals surface area contributed by atoms with Gasteiger partial charge in [0, 0.05) is 5.39 Å². The van der Waals surface area contributed by atoms with Crippen molar-refractivity contribution in [3.05, 3.63) is 77.7 Å². The molecule has 0 saturated carbocycles. The summed E-state index contributed by atoms with van der Waals surface area (Å²) in [5.41, 5.74) is 2.59. The Kier molecular flexibility index (Phi) is 3.93. The average Bonchev–Trinajstić information content (AvgIpc) is 2.54. The number of para-hydroxylation sites is 1. The Balaban J connectivity index is 1.93. The average molecular weight is 280 g/mol. The molecule has 0 aliphatic carbocycles. The van der Waals surface area contributed by atoms with Crippen LogP contribution < -0.4 is 5.32 Å². The first-order valence-corrected chi connectivity index (χ1v) is 7.04. The van der Waals surface area contributed by atoms with E-state index in [1.807, 2.05) is 49.5 Å². The summed E-state index contributed by atoms with van der Waals surface area (Å²) >= 11 is 0. The van der Waals surface area contributed by atoms with E-state index < -0.39 is 0 Å². The maximum atomic E-state index is 13.8. The second-order valence-electron chi connectivity index (χ2n) is 5.07. The molecule has 0 aliphatic rings. The monoisotopic (exact) mass is 280 g/mol. The fourth-order valence-electron chi connectivity index (χ4n) is 2.51. The number of aromatic nitrogens is 1. The molecule has 106 valence electrons. The van der Waals surface area contributed by atoms with Crippen LogP contribution in [0.2, 0.25) is 0 Å². The lowest BCUT2D eigenvalue weighted by molar-refractivity contribution is 0.546. The van der Waals surface area contributed by atoms with Gasteiger partial charge in [-0.05, 0) is 37.2 Å². The molecule has 1 atom stereocenters. The third-order valence-corrected chi connectivity index (χ3v) is 3.71. The highest BCUT2D eigenvalue weighted by atomic mass is 19.1. The van der Waals surface area contributed by atoms with Crippen molar-refractivity contribution in [2.45, 2.75) is 12.5 Å². The molecular weight excluding hydrogens is 263 g/mol. The Morgan fingerprint density at radius 3 is 2.57 bits per heavy atom. The van der Waals surface area contributed by atoms with E-state index in [-0.39, 0.29) is 11.9 Å². The number of halogens is 1. The van der Waals surface area contributed by atoms with Crippen molar-refractivity contribution >= 4 is 10.9 Å². The molecule has 0 amide bonds. The van der Waals surface area contributed by atoms with Gasteiger partial charge in [-0.2, -0.15) is 0 Å². The molecule has 0 radical (unpaired) electrons. The van der Waals surface area contributed by atoms with Crippen LogP contribution in [-0.4, -0.2) is 12.0 Å². The molecule has 1 heterocycles. The highest BCUT2D eigenvalue weighted by Gasteiger charge is 2.14. The molecule has 0 saturated heterocycles. The lowest BCUT2D eigenvalue weighted by Gasteiger charge is -2.16. The van der Waals surface area contributed by atoms with Gasteiger partial charge < -0.3 is 5.32 Å². The number of pyridine rings is 1. The Hall–Kier alpha value is -2.26. The summed E-state index contributed by atoms with van der Waals surface area (Å²) in [4.78, 5) is 4.69. The second kappa shape index (κ2) is 6.02. The van der Waals surface area contributed by atoms with Crippen LogP contribution in [0.15, 0.2) is 60.7 Å². The van der Waals surface area contributed by atoms with Gasteiger partial charge in [0.05, 0.1) is 17.3 Å². The van der Waals surface area contributed by atoms with Gasteiger partial charge in [-0.25, -0.2) is 4.39 Å². The first-order valence-electron chi connectivity index (χ1n) is 7.04. The first kappa shape index (κ1) is 13.7. The van der Waals surface area contributed by atoms with Crippen LogP contribution in [0.5, 0.6) is 0 Å². The molecule has 0 spiro atoms. The molecule has 3 rings (SSSR count). The predicted molar refractivity (Wildman–Crippen MR) is 83.6 cm³/mol. The summed E-state index contributed by atoms with van der Waals surface area (Å²) in [6, 6.07) is 19.0. The van der Waals surface area contributed by atoms with E-state index in [9.17, 15) is 4.39 Å². The topological polar surface area (TPSA) is 24.9 Å². The molecule has 0 bridgehead atoms. The molecule has 2 nitrogen and oxygen atoms in total. The van der Waals surface area contributed by atoms with Gasteiger partial charge in [0.2, 0.25) is 0 Å². The number of likely N-dealkylation sites (N-methyl/N-ethyl adjacent to an activating group) is 1. The fourth-order valence-corrected chi connectivity index (χ4v) is 2.51. The van der Waals surface area contributed by atoms with E-state index in [0.717, 1.165) is 16.6 Å². The number of hydrogen-bond acceptors (Lipinski definition) is 2. The van der Waals surface area contributed by atoms with E-state index >= 15 is 0 Å². The van der Waals surface area contributed by atoms with Gasteiger partial charge in [0.15, 0.2) is 0 Å². The van der Waals surface area contributed by atoms with Gasteiger partial charge in [-0.1, -0.05) is 42.5 Å². The smallest absolute Gasteiger partial charge is 0.126 e. The number of nitrogens with zero attached hydrogens (tertiary/aromatic N) is 1. The van der Waals surface area contributed by atoms with Crippen LogP contribution >= 0.6 is 0 Å². The Labute approximate surface area is 123 Å². The SMILES string of the molecule is CNC(Cc1ccccc1F)c1ccc2ccccc2n1. The highest BCUT2D eigenvalue weighted by Crippen LogP contribution is 2.21. The molecule has 1 N–H and O–H groups in total. The minimum absolute atomic E-state index is 0.00786. The van der Waals surface area contributed by atoms with Crippen molar-refractivity contribution in [2.75, 3.05) is 7.05 Å². The van der Waals surface area contributed by atoms with Gasteiger partial charge >= 0.3 is 0 Å². The van der Waals surface area contributed by atoms with E-state index in [0.29, 0.717) is 12.0 Å². The fraction of sp³-hybridized carbons (Fsp3) is 0.167. The van der Waals surface area contributed by atoms with Gasteiger partial charge in [-0.15, -0.1) is 0 Å². The second-order valence-corrected chi connectivity index (χ2v) is 5.07. The summed E-state index contributed by atoms with van der Waals surface area (Å²) in [5.74, 6) is -0.168. The van der Waals surface area contributed by atoms with Crippen molar-refractivity contribution in [3.63, 3.8) is 0 Å². The van der Waals surface area contributed by atoms with E-state index in [2.05, 4.69) is 16.4 Å². The number of fused-ring (bicyclic) bond motifs is 1. The molecule has 0 aliphatic heterocycles. The zero-order chi connectivity index (χ0) is 14.7. The molecule has 21 heavy (non-hydrogen) atoms. The summed E-state index contributed by atoms with van der Waals surface area (Å²) in [6.45, 7) is 0. The van der Waals surface area contributed by atoms with Crippen molar-refractivity contribution in [1.29, 1.82) is 0 Å². The van der Waals surface area contributed by atoms with E-state index in [1.54, 1.807) is 6.07 Å². The van der Waals surface area contributed by atoms with Crippen molar-refractivity contribution < 1.29 is 4.39 Å². The number of hydrogen-bond donors (Lipinski definition) is 1. The molecule has 1 unspecified atom stereocenters. The van der Waals surface area contributed by atoms with Crippen LogP contribution in [0, 0.1) is 5.82 Å². The molecular formula is C18H17FN2. The molecule has 0 fully saturated rings. The van der Waals surface area contributed by atoms with Crippen LogP contribution in [0.25, 0.3) is 10.9 Å². The molecule has 2 aromatic carbocycles. The zero-order valence-electron chi connectivity index (χ0n) is 11.9. The molecule has 3 aromatic rings. The predicted octanol–water partition coefficient (Wildman–Crippen LogP) is 3.88. The lowest BCUT2D eigenvalue weighted by atomic mass is 10.0. The number of rotatable bonds is 4. The summed E-state index contributed by atoms with van der Waals surface area (Å²) in [7, 11) is 1.88. The van der Waals surface area contributed by atoms with Crippen molar-refractivity contribution in [2.24, 2.45) is 0 Å². The minimum Gasteiger partial charge on any atom is -0.311 e. The van der Waals surface area contributed by atoms with Crippen LogP contribution in [0.1, 0.15) is 17.3 Å². The largest absolute Gasteiger partial charge is 0.311 e. The minimum atomic E-state index is -0.168. The first-order chi connectivity index (χ1) is 10.3. The third kappa shape index (κ3) is 2.93. The summed E-state index contributed by atoms with van der Waals surface area (Å²) in [5, 5.41) is 4.34. The van der Waals surface area contributed by atoms with E-state index in [1.165, 1.54) is 6.07 Å². The van der Waals surface area contributed by atoms with Crippen LogP contribution in [-0.2, 0) is 6.42 Å².